The summed E-state index contributed by atoms with van der Waals surface area (Å²) in [5, 5.41) is 8.21. The zero-order chi connectivity index (χ0) is 23.4. The van der Waals surface area contributed by atoms with E-state index in [0.29, 0.717) is 39.2 Å². The quantitative estimate of drug-likeness (QED) is 0.408. The van der Waals surface area contributed by atoms with Crippen molar-refractivity contribution >= 4 is 28.6 Å². The van der Waals surface area contributed by atoms with Crippen LogP contribution in [0.1, 0.15) is 30.6 Å². The lowest BCUT2D eigenvalue weighted by molar-refractivity contribution is 0.351. The Morgan fingerprint density at radius 2 is 2.03 bits per heavy atom. The largest absolute Gasteiger partial charge is 0.439 e. The lowest BCUT2D eigenvalue weighted by atomic mass is 10.1. The Balaban J connectivity index is 1.56. The van der Waals surface area contributed by atoms with Gasteiger partial charge in [-0.1, -0.05) is 21.9 Å². The third-order valence-electron chi connectivity index (χ3n) is 5.83. The van der Waals surface area contributed by atoms with Gasteiger partial charge in [-0.15, -0.1) is 0 Å². The van der Waals surface area contributed by atoms with E-state index in [-0.39, 0.29) is 11.9 Å². The van der Waals surface area contributed by atoms with Gasteiger partial charge in [0.15, 0.2) is 5.82 Å². The number of hydrogen-bond donors (Lipinski definition) is 1. The molecule has 0 amide bonds. The van der Waals surface area contributed by atoms with Crippen LogP contribution in [0, 0.1) is 6.92 Å². The molecule has 1 aliphatic rings. The molecule has 1 unspecified atom stereocenters. The molecular formula is C21H18ClN9O3. The number of H-pyrrole nitrogens is 1. The summed E-state index contributed by atoms with van der Waals surface area (Å²) in [6, 6.07) is 3.46. The standard InChI is InChI=1S/C21H18ClN9O3/c1-10-24-19(33-28-10)15-4-3-5-31(15)20-26-13-7-14(18-27-21(32)34-29-18)25-16(17(13)30(20)2)11-6-12(22)9-23-8-11/h6-9,15H,3-5H2,1-2H3,(H,27,29,32). The molecule has 0 aliphatic carbocycles. The highest BCUT2D eigenvalue weighted by Crippen LogP contribution is 2.38. The van der Waals surface area contributed by atoms with E-state index in [1.807, 2.05) is 11.6 Å². The highest BCUT2D eigenvalue weighted by atomic mass is 35.5. The summed E-state index contributed by atoms with van der Waals surface area (Å²) in [7, 11) is 1.93. The number of aromatic nitrogens is 8. The zero-order valence-corrected chi connectivity index (χ0v) is 18.9. The molecule has 5 aromatic heterocycles. The number of aromatic amines is 1. The molecule has 0 radical (unpaired) electrons. The van der Waals surface area contributed by atoms with Crippen LogP contribution in [0.2, 0.25) is 5.02 Å². The molecular weight excluding hydrogens is 462 g/mol. The van der Waals surface area contributed by atoms with Crippen LogP contribution in [0.5, 0.6) is 0 Å². The van der Waals surface area contributed by atoms with E-state index in [1.165, 1.54) is 0 Å². The highest BCUT2D eigenvalue weighted by molar-refractivity contribution is 6.30. The van der Waals surface area contributed by atoms with Crippen molar-refractivity contribution in [3.05, 3.63) is 51.8 Å². The number of pyridine rings is 2. The Morgan fingerprint density at radius 3 is 2.76 bits per heavy atom. The molecule has 6 heterocycles. The molecule has 12 nitrogen and oxygen atoms in total. The molecule has 1 saturated heterocycles. The second-order valence-electron chi connectivity index (χ2n) is 8.06. The van der Waals surface area contributed by atoms with Gasteiger partial charge in [-0.05, 0) is 31.9 Å². The molecule has 0 bridgehead atoms. The summed E-state index contributed by atoms with van der Waals surface area (Å²) >= 11 is 6.22. The molecule has 1 aliphatic heterocycles. The summed E-state index contributed by atoms with van der Waals surface area (Å²) in [6.07, 6.45) is 5.07. The van der Waals surface area contributed by atoms with E-state index in [0.717, 1.165) is 30.9 Å². The van der Waals surface area contributed by atoms with Gasteiger partial charge in [0.05, 0.1) is 21.7 Å². The zero-order valence-electron chi connectivity index (χ0n) is 18.2. The number of aryl methyl sites for hydroxylation is 2. The van der Waals surface area contributed by atoms with Crippen LogP contribution in [-0.4, -0.2) is 46.3 Å². The Morgan fingerprint density at radius 1 is 1.15 bits per heavy atom. The van der Waals surface area contributed by atoms with Gasteiger partial charge >= 0.3 is 5.76 Å². The first-order valence-electron chi connectivity index (χ1n) is 10.6. The van der Waals surface area contributed by atoms with E-state index in [9.17, 15) is 4.79 Å². The van der Waals surface area contributed by atoms with E-state index < -0.39 is 5.76 Å². The molecule has 0 aromatic carbocycles. The van der Waals surface area contributed by atoms with Crippen molar-refractivity contribution in [2.45, 2.75) is 25.8 Å². The van der Waals surface area contributed by atoms with Crippen LogP contribution in [0.4, 0.5) is 5.95 Å². The molecule has 1 fully saturated rings. The van der Waals surface area contributed by atoms with Crippen LogP contribution < -0.4 is 10.7 Å². The van der Waals surface area contributed by atoms with Crippen molar-refractivity contribution in [1.29, 1.82) is 0 Å². The van der Waals surface area contributed by atoms with Crippen molar-refractivity contribution in [1.82, 2.24) is 39.8 Å². The summed E-state index contributed by atoms with van der Waals surface area (Å²) in [6.45, 7) is 2.59. The normalized spacial score (nSPS) is 16.1. The average Bonchev–Trinajstić information content (AvgIpc) is 3.60. The Bertz CT molecular complexity index is 1580. The molecule has 0 spiro atoms. The second kappa shape index (κ2) is 7.76. The van der Waals surface area contributed by atoms with Gasteiger partial charge < -0.3 is 14.0 Å². The lowest BCUT2D eigenvalue weighted by Crippen LogP contribution is -2.25. The summed E-state index contributed by atoms with van der Waals surface area (Å²) in [5.74, 6) is 1.44. The van der Waals surface area contributed by atoms with Crippen LogP contribution in [0.25, 0.3) is 33.8 Å². The van der Waals surface area contributed by atoms with Crippen molar-refractivity contribution in [2.24, 2.45) is 7.05 Å². The fourth-order valence-electron chi connectivity index (χ4n) is 4.40. The molecule has 5 aromatic rings. The molecule has 1 N–H and O–H groups in total. The smallest absolute Gasteiger partial charge is 0.337 e. The third kappa shape index (κ3) is 3.34. The van der Waals surface area contributed by atoms with E-state index in [4.69, 9.17) is 26.1 Å². The minimum Gasteiger partial charge on any atom is -0.337 e. The van der Waals surface area contributed by atoms with E-state index >= 15 is 0 Å². The predicted octanol–water partition coefficient (Wildman–Crippen LogP) is 3.06. The lowest BCUT2D eigenvalue weighted by Gasteiger charge is -2.22. The van der Waals surface area contributed by atoms with Gasteiger partial charge in [0.25, 0.3) is 0 Å². The van der Waals surface area contributed by atoms with Crippen molar-refractivity contribution < 1.29 is 9.05 Å². The maximum absolute atomic E-state index is 11.5. The van der Waals surface area contributed by atoms with Crippen molar-refractivity contribution in [2.75, 3.05) is 11.4 Å². The molecule has 34 heavy (non-hydrogen) atoms. The molecule has 1 atom stereocenters. The first-order chi connectivity index (χ1) is 16.5. The van der Waals surface area contributed by atoms with Gasteiger partial charge in [-0.25, -0.2) is 14.8 Å². The van der Waals surface area contributed by atoms with Crippen LogP contribution in [-0.2, 0) is 7.05 Å². The Hall–Kier alpha value is -4.06. The molecule has 13 heteroatoms. The minimum atomic E-state index is -0.667. The number of hydrogen-bond acceptors (Lipinski definition) is 10. The van der Waals surface area contributed by atoms with Crippen LogP contribution in [0.15, 0.2) is 38.4 Å². The van der Waals surface area contributed by atoms with Gasteiger partial charge in [0, 0.05) is 31.5 Å². The summed E-state index contributed by atoms with van der Waals surface area (Å²) < 4.78 is 12.1. The van der Waals surface area contributed by atoms with Gasteiger partial charge in [0.1, 0.15) is 11.7 Å². The van der Waals surface area contributed by atoms with Crippen LogP contribution >= 0.6 is 11.6 Å². The fourth-order valence-corrected chi connectivity index (χ4v) is 4.57. The topological polar surface area (TPSA) is 145 Å². The monoisotopic (exact) mass is 479 g/mol. The van der Waals surface area contributed by atoms with Crippen molar-refractivity contribution in [3.63, 3.8) is 0 Å². The third-order valence-corrected chi connectivity index (χ3v) is 6.03. The van der Waals surface area contributed by atoms with Crippen molar-refractivity contribution in [3.8, 4) is 22.8 Å². The SMILES string of the molecule is Cc1noc(C2CCCN2c2nc3cc(-c4noc(=O)[nH]4)nc(-c4cncc(Cl)c4)c3n2C)n1. The first-order valence-corrected chi connectivity index (χ1v) is 11.0. The number of imidazole rings is 1. The fraction of sp³-hybridized carbons (Fsp3) is 0.286. The summed E-state index contributed by atoms with van der Waals surface area (Å²) in [5.41, 5.74) is 3.14. The van der Waals surface area contributed by atoms with Crippen LogP contribution in [0.3, 0.4) is 0 Å². The average molecular weight is 480 g/mol. The predicted molar refractivity (Wildman–Crippen MR) is 121 cm³/mol. The van der Waals surface area contributed by atoms with E-state index in [1.54, 1.807) is 31.5 Å². The second-order valence-corrected chi connectivity index (χ2v) is 8.50. The Labute approximate surface area is 196 Å². The van der Waals surface area contributed by atoms with Gasteiger partial charge in [-0.2, -0.15) is 4.98 Å². The van der Waals surface area contributed by atoms with Gasteiger partial charge in [-0.3, -0.25) is 14.5 Å². The number of halogens is 1. The Kier molecular flexibility index (Phi) is 4.69. The molecule has 172 valence electrons. The minimum absolute atomic E-state index is 0.0766. The van der Waals surface area contributed by atoms with Gasteiger partial charge in [0.2, 0.25) is 17.7 Å². The molecule has 6 rings (SSSR count). The molecule has 0 saturated carbocycles. The first kappa shape index (κ1) is 20.5. The summed E-state index contributed by atoms with van der Waals surface area (Å²) in [4.78, 5) is 34.6. The number of nitrogens with zero attached hydrogens (tertiary/aromatic N) is 8. The maximum Gasteiger partial charge on any atom is 0.439 e. The van der Waals surface area contributed by atoms with E-state index in [2.05, 4.69) is 34.7 Å². The number of anilines is 1. The highest BCUT2D eigenvalue weighted by Gasteiger charge is 2.34. The maximum atomic E-state index is 11.5. The number of fused-ring (bicyclic) bond motifs is 1. The number of nitrogens with one attached hydrogen (secondary N) is 1. The number of rotatable bonds is 4.